The number of nitrogens with one attached hydrogen (secondary N) is 2. The van der Waals surface area contributed by atoms with Gasteiger partial charge in [-0.25, -0.2) is 9.28 Å². The molecular weight excluding hydrogens is 406 g/mol. The largest absolute Gasteiger partial charge is 0.458 e. The lowest BCUT2D eigenvalue weighted by atomic mass is 9.90. The number of unbranched alkanes of at least 4 members (excludes halogenated alkanes) is 1. The first-order valence-electron chi connectivity index (χ1n) is 11.2. The van der Waals surface area contributed by atoms with Gasteiger partial charge in [-0.1, -0.05) is 37.6 Å². The van der Waals surface area contributed by atoms with Crippen molar-refractivity contribution in [2.24, 2.45) is 0 Å². The average Bonchev–Trinajstić information content (AvgIpc) is 2.85. The number of hydrazine groups is 2. The Bertz CT molecular complexity index is 1160. The summed E-state index contributed by atoms with van der Waals surface area (Å²) in [5.41, 5.74) is 7.50. The van der Waals surface area contributed by atoms with Crippen molar-refractivity contribution < 1.29 is 14.4 Å². The van der Waals surface area contributed by atoms with Gasteiger partial charge in [0.2, 0.25) is 5.91 Å². The number of carbonyl (C=O) groups excluding carboxylic acids is 3. The molecule has 5 aliphatic heterocycles. The second-order valence-corrected chi connectivity index (χ2v) is 9.02. The third-order valence-corrected chi connectivity index (χ3v) is 6.92. The second kappa shape index (κ2) is 7.15. The highest BCUT2D eigenvalue weighted by atomic mass is 16.2. The molecule has 2 unspecified atom stereocenters. The maximum absolute atomic E-state index is 14.1. The highest BCUT2D eigenvalue weighted by Gasteiger charge is 2.51. The first-order chi connectivity index (χ1) is 15.3. The van der Waals surface area contributed by atoms with Crippen molar-refractivity contribution in [2.75, 3.05) is 23.9 Å². The summed E-state index contributed by atoms with van der Waals surface area (Å²) in [7, 11) is 1.86. The highest BCUT2D eigenvalue weighted by molar-refractivity contribution is 6.15. The molecule has 8 heteroatoms. The number of carbonyl (C=O) groups is 3. The Morgan fingerprint density at radius 3 is 2.56 bits per heavy atom. The van der Waals surface area contributed by atoms with Crippen LogP contribution in [0.4, 0.5) is 21.9 Å². The van der Waals surface area contributed by atoms with Gasteiger partial charge in [-0.3, -0.25) is 9.59 Å². The first kappa shape index (κ1) is 20.7. The average molecular weight is 435 g/mol. The van der Waals surface area contributed by atoms with Crippen molar-refractivity contribution >= 4 is 34.9 Å². The summed E-state index contributed by atoms with van der Waals surface area (Å²) in [6, 6.07) is 10.6. The maximum Gasteiger partial charge on any atom is 0.458 e. The number of hydrogen-bond acceptors (Lipinski definition) is 4. The SMILES string of the molecule is CCCC[N+]1(C)C(=O)N2N[C@@H](C)C(=O)Nc3c1ccc1c3-c3ccccc3C(C)C(=O)N12. The monoisotopic (exact) mass is 434 g/mol. The normalized spacial score (nSPS) is 26.2. The number of anilines is 2. The third kappa shape index (κ3) is 2.66. The molecule has 8 nitrogen and oxygen atoms in total. The minimum atomic E-state index is -0.716. The number of urea groups is 1. The molecule has 0 saturated carbocycles. The van der Waals surface area contributed by atoms with Gasteiger partial charge in [0.1, 0.15) is 11.7 Å². The highest BCUT2D eigenvalue weighted by Crippen LogP contribution is 2.52. The van der Waals surface area contributed by atoms with Gasteiger partial charge in [0.25, 0.3) is 5.91 Å². The molecule has 0 aliphatic carbocycles. The van der Waals surface area contributed by atoms with Gasteiger partial charge in [-0.2, -0.15) is 10.4 Å². The standard InChI is InChI=1S/C24H27N5O3/c1-5-6-13-29(4)19-12-11-18-20-17-10-8-7-9-16(17)14(2)23(31)27(18)28(24(29)32)26-15(3)22(30)25-21(19)20/h7-12,14-15,26H,5-6,13H2,1-4H3/p+1/t14?,15-,29?/m0/s1. The fourth-order valence-corrected chi connectivity index (χ4v) is 4.99. The third-order valence-electron chi connectivity index (χ3n) is 6.92. The Morgan fingerprint density at radius 2 is 1.81 bits per heavy atom. The van der Waals surface area contributed by atoms with E-state index in [1.54, 1.807) is 6.92 Å². The van der Waals surface area contributed by atoms with Crippen molar-refractivity contribution in [1.82, 2.24) is 15.0 Å². The second-order valence-electron chi connectivity index (χ2n) is 9.02. The molecule has 6 bridgehead atoms. The Morgan fingerprint density at radius 1 is 1.06 bits per heavy atom. The summed E-state index contributed by atoms with van der Waals surface area (Å²) in [6.45, 7) is 6.18. The maximum atomic E-state index is 14.1. The molecule has 32 heavy (non-hydrogen) atoms. The summed E-state index contributed by atoms with van der Waals surface area (Å²) in [4.78, 5) is 41.0. The molecule has 166 valence electrons. The zero-order valence-electron chi connectivity index (χ0n) is 18.8. The Balaban J connectivity index is 1.94. The van der Waals surface area contributed by atoms with Crippen LogP contribution in [0.2, 0.25) is 0 Å². The molecule has 0 radical (unpaired) electrons. The van der Waals surface area contributed by atoms with Crippen molar-refractivity contribution in [3.63, 3.8) is 0 Å². The lowest BCUT2D eigenvalue weighted by molar-refractivity contribution is -0.124. The quantitative estimate of drug-likeness (QED) is 0.721. The molecule has 0 fully saturated rings. The molecule has 0 spiro atoms. The van der Waals surface area contributed by atoms with Crippen LogP contribution >= 0.6 is 0 Å². The summed E-state index contributed by atoms with van der Waals surface area (Å²) in [6.07, 6.45) is 1.73. The van der Waals surface area contributed by atoms with Crippen LogP contribution in [0.25, 0.3) is 11.1 Å². The zero-order valence-corrected chi connectivity index (χ0v) is 18.8. The van der Waals surface area contributed by atoms with Gasteiger partial charge in [0.05, 0.1) is 25.2 Å². The van der Waals surface area contributed by atoms with Gasteiger partial charge >= 0.3 is 6.03 Å². The fraction of sp³-hybridized carbons (Fsp3) is 0.375. The van der Waals surface area contributed by atoms with Gasteiger partial charge in [0.15, 0.2) is 5.69 Å². The predicted octanol–water partition coefficient (Wildman–Crippen LogP) is 3.74. The minimum absolute atomic E-state index is 0.0587. The van der Waals surface area contributed by atoms with Crippen LogP contribution in [0, 0.1) is 0 Å². The number of quaternary nitrogens is 1. The van der Waals surface area contributed by atoms with E-state index in [4.69, 9.17) is 0 Å². The first-order valence-corrected chi connectivity index (χ1v) is 11.2. The lowest BCUT2D eigenvalue weighted by Crippen LogP contribution is -2.69. The summed E-state index contributed by atoms with van der Waals surface area (Å²) in [5.74, 6) is -0.946. The van der Waals surface area contributed by atoms with Crippen LogP contribution in [-0.2, 0) is 9.59 Å². The van der Waals surface area contributed by atoms with E-state index >= 15 is 0 Å². The molecule has 7 rings (SSSR count). The van der Waals surface area contributed by atoms with E-state index in [1.165, 1.54) is 10.1 Å². The van der Waals surface area contributed by atoms with Crippen molar-refractivity contribution in [3.8, 4) is 11.1 Å². The van der Waals surface area contributed by atoms with E-state index in [1.807, 2.05) is 50.4 Å². The van der Waals surface area contributed by atoms with Crippen LogP contribution in [0.5, 0.6) is 0 Å². The van der Waals surface area contributed by atoms with Crippen LogP contribution in [0.1, 0.15) is 45.1 Å². The molecule has 2 aromatic carbocycles. The minimum Gasteiger partial charge on any atom is -0.319 e. The van der Waals surface area contributed by atoms with Crippen LogP contribution in [-0.4, -0.2) is 42.6 Å². The smallest absolute Gasteiger partial charge is 0.319 e. The van der Waals surface area contributed by atoms with E-state index in [0.29, 0.717) is 17.9 Å². The van der Waals surface area contributed by atoms with Gasteiger partial charge < -0.3 is 5.32 Å². The van der Waals surface area contributed by atoms with Gasteiger partial charge in [-0.05, 0) is 37.5 Å². The van der Waals surface area contributed by atoms with Crippen molar-refractivity contribution in [3.05, 3.63) is 42.0 Å². The molecule has 4 amide bonds. The molecule has 2 aromatic rings. The van der Waals surface area contributed by atoms with Crippen LogP contribution in [0.3, 0.4) is 0 Å². The number of rotatable bonds is 3. The Hall–Kier alpha value is -3.23. The van der Waals surface area contributed by atoms with E-state index in [9.17, 15) is 14.4 Å². The number of nitrogens with zero attached hydrogens (tertiary/aromatic N) is 3. The van der Waals surface area contributed by atoms with E-state index in [-0.39, 0.29) is 22.3 Å². The molecule has 0 aromatic heterocycles. The fourth-order valence-electron chi connectivity index (χ4n) is 4.99. The number of hydrogen-bond donors (Lipinski definition) is 2. The van der Waals surface area contributed by atoms with E-state index < -0.39 is 12.0 Å². The molecule has 2 N–H and O–H groups in total. The topological polar surface area (TPSA) is 81.8 Å². The van der Waals surface area contributed by atoms with Gasteiger partial charge in [0, 0.05) is 11.6 Å². The van der Waals surface area contributed by atoms with Gasteiger partial charge in [-0.15, -0.1) is 5.12 Å². The van der Waals surface area contributed by atoms with E-state index in [2.05, 4.69) is 17.7 Å². The summed E-state index contributed by atoms with van der Waals surface area (Å²) >= 11 is 0. The zero-order chi connectivity index (χ0) is 22.8. The number of fused-ring (bicyclic) bond motifs is 5. The lowest BCUT2D eigenvalue weighted by Gasteiger charge is -2.43. The summed E-state index contributed by atoms with van der Waals surface area (Å²) in [5, 5.41) is 5.83. The number of amides is 4. The van der Waals surface area contributed by atoms with Crippen molar-refractivity contribution in [1.29, 1.82) is 0 Å². The Labute approximate surface area is 187 Å². The molecule has 0 saturated heterocycles. The predicted molar refractivity (Wildman–Crippen MR) is 124 cm³/mol. The van der Waals surface area contributed by atoms with Crippen LogP contribution < -0.4 is 20.2 Å². The van der Waals surface area contributed by atoms with Crippen molar-refractivity contribution in [2.45, 2.75) is 45.6 Å². The summed E-state index contributed by atoms with van der Waals surface area (Å²) < 4.78 is -0.0587. The Kier molecular flexibility index (Phi) is 4.61. The molecular formula is C24H28N5O3+. The van der Waals surface area contributed by atoms with Crippen LogP contribution in [0.15, 0.2) is 36.4 Å². The molecule has 5 aliphatic rings. The molecule has 3 atom stereocenters. The van der Waals surface area contributed by atoms with E-state index in [0.717, 1.165) is 35.2 Å². The molecule has 5 heterocycles. The number of benzene rings is 2.